The van der Waals surface area contributed by atoms with Crippen LogP contribution in [0.15, 0.2) is 58.6 Å². The lowest BCUT2D eigenvalue weighted by molar-refractivity contribution is 0.0954. The third kappa shape index (κ3) is 3.60. The number of amides is 1. The second-order valence-corrected chi connectivity index (χ2v) is 7.22. The fourth-order valence-electron chi connectivity index (χ4n) is 3.13. The number of carbonyl (C=O) groups is 1. The van der Waals surface area contributed by atoms with Crippen LogP contribution in [-0.2, 0) is 0 Å². The molecule has 4 aromatic rings. The van der Waals surface area contributed by atoms with Gasteiger partial charge in [-0.1, -0.05) is 41.4 Å². The highest BCUT2D eigenvalue weighted by Gasteiger charge is 2.15. The molecular formula is C21H14Cl2N4O2. The monoisotopic (exact) mass is 424 g/mol. The summed E-state index contributed by atoms with van der Waals surface area (Å²) in [6.45, 7) is 1.89. The second kappa shape index (κ2) is 7.66. The van der Waals surface area contributed by atoms with Gasteiger partial charge in [0.15, 0.2) is 0 Å². The molecular weight excluding hydrogens is 411 g/mol. The number of pyridine rings is 2. The Morgan fingerprint density at radius 1 is 1.21 bits per heavy atom. The van der Waals surface area contributed by atoms with Crippen molar-refractivity contribution >= 4 is 57.1 Å². The first-order valence-electron chi connectivity index (χ1n) is 8.64. The van der Waals surface area contributed by atoms with E-state index in [-0.39, 0.29) is 5.56 Å². The Bertz CT molecular complexity index is 1360. The zero-order chi connectivity index (χ0) is 20.5. The molecule has 0 atom stereocenters. The van der Waals surface area contributed by atoms with E-state index in [9.17, 15) is 9.59 Å². The van der Waals surface area contributed by atoms with E-state index in [0.717, 1.165) is 16.5 Å². The Labute approximate surface area is 175 Å². The summed E-state index contributed by atoms with van der Waals surface area (Å²) in [5.41, 5.74) is 4.62. The van der Waals surface area contributed by atoms with E-state index in [4.69, 9.17) is 23.2 Å². The largest absolute Gasteiger partial charge is 0.346 e. The van der Waals surface area contributed by atoms with Crippen molar-refractivity contribution in [3.8, 4) is 0 Å². The third-order valence-corrected chi connectivity index (χ3v) is 5.05. The van der Waals surface area contributed by atoms with E-state index in [1.807, 2.05) is 6.92 Å². The molecule has 6 nitrogen and oxygen atoms in total. The maximum Gasteiger partial charge on any atom is 0.276 e. The molecule has 0 fully saturated rings. The summed E-state index contributed by atoms with van der Waals surface area (Å²) < 4.78 is 0. The summed E-state index contributed by atoms with van der Waals surface area (Å²) in [6.07, 6.45) is 2.67. The van der Waals surface area contributed by atoms with Crippen molar-refractivity contribution in [2.24, 2.45) is 5.10 Å². The summed E-state index contributed by atoms with van der Waals surface area (Å²) in [7, 11) is 0. The fraction of sp³-hybridized carbons (Fsp3) is 0.0476. The molecule has 0 saturated heterocycles. The summed E-state index contributed by atoms with van der Waals surface area (Å²) in [4.78, 5) is 32.7. The molecule has 2 aromatic carbocycles. The Morgan fingerprint density at radius 3 is 2.79 bits per heavy atom. The molecule has 2 heterocycles. The van der Waals surface area contributed by atoms with Crippen LogP contribution in [0, 0.1) is 6.92 Å². The van der Waals surface area contributed by atoms with Crippen molar-refractivity contribution in [1.82, 2.24) is 15.4 Å². The molecule has 0 aliphatic carbocycles. The van der Waals surface area contributed by atoms with Gasteiger partial charge in [0, 0.05) is 33.1 Å². The van der Waals surface area contributed by atoms with Crippen LogP contribution in [0.1, 0.15) is 21.5 Å². The van der Waals surface area contributed by atoms with Crippen LogP contribution in [0.5, 0.6) is 0 Å². The number of benzene rings is 2. The third-order valence-electron chi connectivity index (χ3n) is 4.50. The molecule has 0 bridgehead atoms. The van der Waals surface area contributed by atoms with Crippen LogP contribution in [0.25, 0.3) is 21.8 Å². The molecule has 0 aliphatic rings. The van der Waals surface area contributed by atoms with Crippen molar-refractivity contribution < 1.29 is 4.79 Å². The van der Waals surface area contributed by atoms with Gasteiger partial charge in [-0.15, -0.1) is 0 Å². The Balaban J connectivity index is 1.70. The normalized spacial score (nSPS) is 11.4. The lowest BCUT2D eigenvalue weighted by atomic mass is 10.0. The summed E-state index contributed by atoms with van der Waals surface area (Å²) in [6, 6.07) is 12.2. The molecule has 0 spiro atoms. The lowest BCUT2D eigenvalue weighted by Crippen LogP contribution is -2.25. The van der Waals surface area contributed by atoms with E-state index in [2.05, 4.69) is 20.5 Å². The number of hydrogen-bond acceptors (Lipinski definition) is 4. The van der Waals surface area contributed by atoms with Gasteiger partial charge in [-0.25, -0.2) is 5.43 Å². The Hall–Kier alpha value is -3.22. The van der Waals surface area contributed by atoms with E-state index < -0.39 is 11.3 Å². The van der Waals surface area contributed by atoms with Gasteiger partial charge in [0.25, 0.3) is 5.91 Å². The maximum atomic E-state index is 12.9. The van der Waals surface area contributed by atoms with Crippen LogP contribution in [-0.4, -0.2) is 22.1 Å². The predicted molar refractivity (Wildman–Crippen MR) is 116 cm³/mol. The first-order chi connectivity index (χ1) is 14.0. The Kier molecular flexibility index (Phi) is 5.05. The number of hydrogen-bond donors (Lipinski definition) is 2. The summed E-state index contributed by atoms with van der Waals surface area (Å²) in [5.74, 6) is -0.646. The minimum atomic E-state index is -0.646. The molecule has 1 amide bonds. The number of hydrazone groups is 1. The van der Waals surface area contributed by atoms with Gasteiger partial charge in [-0.05, 0) is 36.8 Å². The molecule has 4 rings (SSSR count). The van der Waals surface area contributed by atoms with Crippen molar-refractivity contribution in [1.29, 1.82) is 0 Å². The van der Waals surface area contributed by atoms with Gasteiger partial charge in [0.05, 0.1) is 11.7 Å². The number of aromatic amines is 1. The molecule has 29 heavy (non-hydrogen) atoms. The second-order valence-electron chi connectivity index (χ2n) is 6.41. The molecule has 0 saturated carbocycles. The lowest BCUT2D eigenvalue weighted by Gasteiger charge is -2.08. The average molecular weight is 425 g/mol. The van der Waals surface area contributed by atoms with Crippen molar-refractivity contribution in [2.45, 2.75) is 6.92 Å². The van der Waals surface area contributed by atoms with Crippen molar-refractivity contribution in [2.75, 3.05) is 0 Å². The molecule has 2 N–H and O–H groups in total. The molecule has 0 aliphatic heterocycles. The Morgan fingerprint density at radius 2 is 2.00 bits per heavy atom. The van der Waals surface area contributed by atoms with E-state index >= 15 is 0 Å². The van der Waals surface area contributed by atoms with Gasteiger partial charge < -0.3 is 4.98 Å². The highest BCUT2D eigenvalue weighted by atomic mass is 35.5. The smallest absolute Gasteiger partial charge is 0.276 e. The van der Waals surface area contributed by atoms with Crippen LogP contribution in [0.3, 0.4) is 0 Å². The number of carbonyl (C=O) groups excluding carboxylic acids is 1. The number of rotatable bonds is 3. The molecule has 144 valence electrons. The zero-order valence-corrected chi connectivity index (χ0v) is 16.7. The van der Waals surface area contributed by atoms with E-state index in [0.29, 0.717) is 26.6 Å². The number of H-pyrrole nitrogens is 1. The number of aryl methyl sites for hydroxylation is 1. The minimum absolute atomic E-state index is 0.0937. The van der Waals surface area contributed by atoms with Gasteiger partial charge in [0.1, 0.15) is 10.7 Å². The SMILES string of the molecule is Cc1cc(Cl)[nH]c2ccc3c(=O)c(C(=O)N/N=C/c4ccccc4Cl)cnc3c12. The van der Waals surface area contributed by atoms with Crippen LogP contribution in [0.4, 0.5) is 0 Å². The number of fused-ring (bicyclic) bond motifs is 3. The van der Waals surface area contributed by atoms with Crippen LogP contribution in [0.2, 0.25) is 10.2 Å². The van der Waals surface area contributed by atoms with Gasteiger partial charge in [-0.3, -0.25) is 14.6 Å². The summed E-state index contributed by atoms with van der Waals surface area (Å²) >= 11 is 12.1. The maximum absolute atomic E-state index is 12.9. The topological polar surface area (TPSA) is 87.2 Å². The van der Waals surface area contributed by atoms with Crippen LogP contribution < -0.4 is 10.9 Å². The number of aromatic nitrogens is 2. The number of halogens is 2. The standard InChI is InChI=1S/C21H14Cl2N4O2/c1-11-8-17(23)26-16-7-6-13-19(18(11)16)24-10-14(20(13)28)21(29)27-25-9-12-4-2-3-5-15(12)22/h2-10,26H,1H3,(H,27,29)/b25-9+. The molecule has 2 aromatic heterocycles. The first-order valence-corrected chi connectivity index (χ1v) is 9.40. The van der Waals surface area contributed by atoms with Crippen molar-refractivity contribution in [3.63, 3.8) is 0 Å². The van der Waals surface area contributed by atoms with Crippen LogP contribution >= 0.6 is 23.2 Å². The predicted octanol–water partition coefficient (Wildman–Crippen LogP) is 4.46. The van der Waals surface area contributed by atoms with E-state index in [1.54, 1.807) is 42.5 Å². The highest BCUT2D eigenvalue weighted by molar-refractivity contribution is 6.33. The van der Waals surface area contributed by atoms with Gasteiger partial charge in [0.2, 0.25) is 5.43 Å². The van der Waals surface area contributed by atoms with E-state index in [1.165, 1.54) is 12.4 Å². The zero-order valence-electron chi connectivity index (χ0n) is 15.2. The fourth-order valence-corrected chi connectivity index (χ4v) is 3.58. The minimum Gasteiger partial charge on any atom is -0.346 e. The average Bonchev–Trinajstić information content (AvgIpc) is 2.69. The highest BCUT2D eigenvalue weighted by Crippen LogP contribution is 2.26. The summed E-state index contributed by atoms with van der Waals surface area (Å²) in [5, 5.41) is 6.00. The van der Waals surface area contributed by atoms with Crippen molar-refractivity contribution in [3.05, 3.63) is 85.8 Å². The van der Waals surface area contributed by atoms with Gasteiger partial charge >= 0.3 is 0 Å². The molecule has 0 radical (unpaired) electrons. The number of nitrogens with one attached hydrogen (secondary N) is 2. The molecule has 0 unspecified atom stereocenters. The number of nitrogens with zero attached hydrogens (tertiary/aromatic N) is 2. The first kappa shape index (κ1) is 19.1. The van der Waals surface area contributed by atoms with Gasteiger partial charge in [-0.2, -0.15) is 5.10 Å². The quantitative estimate of drug-likeness (QED) is 0.220. The molecule has 8 heteroatoms.